The molecule has 0 unspecified atom stereocenters. The molecule has 7 heteroatoms. The Balaban J connectivity index is 1.56. The van der Waals surface area contributed by atoms with Crippen LogP contribution in [0.2, 0.25) is 5.02 Å². The largest absolute Gasteiger partial charge is 0.352 e. The number of para-hydroxylation sites is 1. The normalized spacial score (nSPS) is 11.1. The van der Waals surface area contributed by atoms with Crippen molar-refractivity contribution in [2.45, 2.75) is 53.2 Å². The molecule has 1 heterocycles. The van der Waals surface area contributed by atoms with Gasteiger partial charge in [-0.2, -0.15) is 0 Å². The fourth-order valence-electron chi connectivity index (χ4n) is 4.66. The molecule has 4 aromatic rings. The summed E-state index contributed by atoms with van der Waals surface area (Å²) in [7, 11) is 0. The van der Waals surface area contributed by atoms with E-state index >= 15 is 0 Å². The highest BCUT2D eigenvalue weighted by Crippen LogP contribution is 2.19. The minimum absolute atomic E-state index is 0.157. The summed E-state index contributed by atoms with van der Waals surface area (Å²) in [6, 6.07) is 18.7. The number of benzene rings is 3. The van der Waals surface area contributed by atoms with Gasteiger partial charge in [-0.15, -0.1) is 0 Å². The molecule has 1 aromatic heterocycles. The zero-order valence-corrected chi connectivity index (χ0v) is 21.6. The van der Waals surface area contributed by atoms with Gasteiger partial charge < -0.3 is 5.32 Å². The van der Waals surface area contributed by atoms with E-state index in [9.17, 15) is 14.4 Å². The van der Waals surface area contributed by atoms with Crippen LogP contribution in [0.1, 0.15) is 40.7 Å². The monoisotopic (exact) mass is 503 g/mol. The molecule has 0 saturated carbocycles. The second-order valence-electron chi connectivity index (χ2n) is 9.19. The number of nitrogens with one attached hydrogen (secondary N) is 1. The van der Waals surface area contributed by atoms with Crippen molar-refractivity contribution in [2.24, 2.45) is 0 Å². The van der Waals surface area contributed by atoms with Crippen LogP contribution >= 0.6 is 11.6 Å². The first-order chi connectivity index (χ1) is 17.3. The van der Waals surface area contributed by atoms with Gasteiger partial charge in [-0.1, -0.05) is 59.6 Å². The van der Waals surface area contributed by atoms with Crippen molar-refractivity contribution >= 4 is 28.4 Å². The summed E-state index contributed by atoms with van der Waals surface area (Å²) in [5.41, 5.74) is 5.20. The molecule has 0 fully saturated rings. The number of nitrogens with zero attached hydrogens (tertiary/aromatic N) is 2. The van der Waals surface area contributed by atoms with Gasteiger partial charge in [0.2, 0.25) is 5.91 Å². The number of rotatable bonds is 8. The average Bonchev–Trinajstić information content (AvgIpc) is 2.84. The molecular formula is C29H30ClN3O3. The van der Waals surface area contributed by atoms with E-state index in [2.05, 4.69) is 24.4 Å². The fourth-order valence-corrected chi connectivity index (χ4v) is 4.86. The van der Waals surface area contributed by atoms with Crippen LogP contribution < -0.4 is 16.6 Å². The van der Waals surface area contributed by atoms with Crippen molar-refractivity contribution in [3.8, 4) is 0 Å². The first kappa shape index (κ1) is 25.5. The van der Waals surface area contributed by atoms with E-state index in [0.29, 0.717) is 35.4 Å². The summed E-state index contributed by atoms with van der Waals surface area (Å²) in [5, 5.41) is 3.94. The molecular weight excluding hydrogens is 474 g/mol. The van der Waals surface area contributed by atoms with Crippen LogP contribution in [0, 0.1) is 20.8 Å². The van der Waals surface area contributed by atoms with Gasteiger partial charge in [-0.05, 0) is 67.6 Å². The molecule has 0 spiro atoms. The third kappa shape index (κ3) is 5.44. The third-order valence-corrected chi connectivity index (χ3v) is 6.88. The molecule has 1 N–H and O–H groups in total. The predicted molar refractivity (Wildman–Crippen MR) is 145 cm³/mol. The molecule has 0 saturated heterocycles. The Kier molecular flexibility index (Phi) is 7.75. The Hall–Kier alpha value is -3.64. The predicted octanol–water partition coefficient (Wildman–Crippen LogP) is 4.89. The average molecular weight is 504 g/mol. The van der Waals surface area contributed by atoms with E-state index in [-0.39, 0.29) is 30.1 Å². The van der Waals surface area contributed by atoms with E-state index < -0.39 is 0 Å². The van der Waals surface area contributed by atoms with Crippen LogP contribution in [0.3, 0.4) is 0 Å². The Labute approximate surface area is 215 Å². The van der Waals surface area contributed by atoms with Crippen LogP contribution in [0.5, 0.6) is 0 Å². The van der Waals surface area contributed by atoms with Gasteiger partial charge in [-0.3, -0.25) is 18.7 Å². The maximum absolute atomic E-state index is 13.5. The van der Waals surface area contributed by atoms with Crippen molar-refractivity contribution in [1.29, 1.82) is 0 Å². The molecule has 0 aliphatic rings. The lowest BCUT2D eigenvalue weighted by atomic mass is 9.99. The van der Waals surface area contributed by atoms with Crippen LogP contribution in [0.25, 0.3) is 10.9 Å². The molecule has 0 aliphatic carbocycles. The van der Waals surface area contributed by atoms with Gasteiger partial charge in [0.15, 0.2) is 0 Å². The van der Waals surface area contributed by atoms with Crippen LogP contribution in [0.15, 0.2) is 70.3 Å². The summed E-state index contributed by atoms with van der Waals surface area (Å²) in [6.07, 6.45) is 0.559. The Bertz CT molecular complexity index is 1530. The summed E-state index contributed by atoms with van der Waals surface area (Å²) in [5.74, 6) is -0.157. The lowest BCUT2D eigenvalue weighted by Gasteiger charge is -2.17. The van der Waals surface area contributed by atoms with Gasteiger partial charge in [0.05, 0.1) is 17.4 Å². The Morgan fingerprint density at radius 3 is 2.31 bits per heavy atom. The fraction of sp³-hybridized carbons (Fsp3) is 0.276. The van der Waals surface area contributed by atoms with Crippen LogP contribution in [-0.2, 0) is 24.4 Å². The first-order valence-electron chi connectivity index (χ1n) is 12.1. The Morgan fingerprint density at radius 1 is 0.917 bits per heavy atom. The third-order valence-electron chi connectivity index (χ3n) is 6.51. The zero-order chi connectivity index (χ0) is 25.8. The van der Waals surface area contributed by atoms with Crippen molar-refractivity contribution in [2.75, 3.05) is 0 Å². The van der Waals surface area contributed by atoms with Gasteiger partial charge in [-0.25, -0.2) is 4.79 Å². The molecule has 0 radical (unpaired) electrons. The van der Waals surface area contributed by atoms with E-state index in [1.807, 2.05) is 44.2 Å². The Morgan fingerprint density at radius 2 is 1.58 bits per heavy atom. The molecule has 4 rings (SSSR count). The SMILES string of the molecule is Cc1cc(C)c(Cn2c(=O)n(CCCC(=O)NCc3ccccc3Cl)c(=O)c3ccccc32)c(C)c1. The van der Waals surface area contributed by atoms with E-state index in [1.54, 1.807) is 22.8 Å². The van der Waals surface area contributed by atoms with Crippen molar-refractivity contribution < 1.29 is 4.79 Å². The highest BCUT2D eigenvalue weighted by atomic mass is 35.5. The number of carbonyl (C=O) groups excluding carboxylic acids is 1. The number of aromatic nitrogens is 2. The second kappa shape index (κ2) is 11.0. The number of carbonyl (C=O) groups is 1. The summed E-state index contributed by atoms with van der Waals surface area (Å²) < 4.78 is 2.92. The smallest absolute Gasteiger partial charge is 0.331 e. The topological polar surface area (TPSA) is 73.1 Å². The van der Waals surface area contributed by atoms with Gasteiger partial charge in [0.25, 0.3) is 5.56 Å². The maximum Gasteiger partial charge on any atom is 0.331 e. The quantitative estimate of drug-likeness (QED) is 0.372. The number of amides is 1. The van der Waals surface area contributed by atoms with Gasteiger partial charge in [0, 0.05) is 24.5 Å². The number of halogens is 1. The maximum atomic E-state index is 13.5. The minimum Gasteiger partial charge on any atom is -0.352 e. The molecule has 0 aliphatic heterocycles. The highest BCUT2D eigenvalue weighted by Gasteiger charge is 2.15. The summed E-state index contributed by atoms with van der Waals surface area (Å²) in [6.45, 7) is 7.00. The zero-order valence-electron chi connectivity index (χ0n) is 20.8. The lowest BCUT2D eigenvalue weighted by Crippen LogP contribution is -2.40. The number of hydrogen-bond acceptors (Lipinski definition) is 3. The van der Waals surface area contributed by atoms with E-state index in [1.165, 1.54) is 10.1 Å². The van der Waals surface area contributed by atoms with E-state index in [4.69, 9.17) is 11.6 Å². The standard InChI is InChI=1S/C29H30ClN3O3/c1-19-15-20(2)24(21(3)16-19)18-33-26-12-7-5-10-23(26)28(35)32(29(33)36)14-8-13-27(34)31-17-22-9-4-6-11-25(22)30/h4-7,9-12,15-16H,8,13-14,17-18H2,1-3H3,(H,31,34). The van der Waals surface area contributed by atoms with Gasteiger partial charge >= 0.3 is 5.69 Å². The molecule has 36 heavy (non-hydrogen) atoms. The van der Waals surface area contributed by atoms with Crippen LogP contribution in [0.4, 0.5) is 0 Å². The lowest BCUT2D eigenvalue weighted by molar-refractivity contribution is -0.121. The molecule has 0 bridgehead atoms. The molecule has 186 valence electrons. The van der Waals surface area contributed by atoms with Crippen molar-refractivity contribution in [3.05, 3.63) is 114 Å². The highest BCUT2D eigenvalue weighted by molar-refractivity contribution is 6.31. The van der Waals surface area contributed by atoms with Crippen molar-refractivity contribution in [1.82, 2.24) is 14.5 Å². The molecule has 0 atom stereocenters. The second-order valence-corrected chi connectivity index (χ2v) is 9.60. The van der Waals surface area contributed by atoms with Crippen molar-refractivity contribution in [3.63, 3.8) is 0 Å². The number of hydrogen-bond donors (Lipinski definition) is 1. The number of aryl methyl sites for hydroxylation is 3. The first-order valence-corrected chi connectivity index (χ1v) is 12.4. The van der Waals surface area contributed by atoms with Gasteiger partial charge in [0.1, 0.15) is 0 Å². The summed E-state index contributed by atoms with van der Waals surface area (Å²) >= 11 is 6.15. The van der Waals surface area contributed by atoms with E-state index in [0.717, 1.165) is 22.3 Å². The molecule has 3 aromatic carbocycles. The molecule has 6 nitrogen and oxygen atoms in total. The molecule has 1 amide bonds. The van der Waals surface area contributed by atoms with Crippen LogP contribution in [-0.4, -0.2) is 15.0 Å². The number of fused-ring (bicyclic) bond motifs is 1. The minimum atomic E-state index is -0.366. The summed E-state index contributed by atoms with van der Waals surface area (Å²) in [4.78, 5) is 39.1.